The van der Waals surface area contributed by atoms with Gasteiger partial charge < -0.3 is 53.2 Å². The SMILES string of the molecule is COCCCN1CCOc2ccc(CO[C@H]3CN(C(=O)O)C[C@@H](OCC(O)COC)[C@@H]3c3ccc(COCC(C)COC)cc3)cc21. The predicted molar refractivity (Wildman–Crippen MR) is 176 cm³/mol. The van der Waals surface area contributed by atoms with Crippen LogP contribution in [0.3, 0.4) is 0 Å². The largest absolute Gasteiger partial charge is 0.490 e. The summed E-state index contributed by atoms with van der Waals surface area (Å²) in [5.41, 5.74) is 3.97. The lowest BCUT2D eigenvalue weighted by Crippen LogP contribution is -2.54. The summed E-state index contributed by atoms with van der Waals surface area (Å²) >= 11 is 0. The topological polar surface area (TPSA) is 129 Å². The Labute approximate surface area is 278 Å². The normalized spacial score (nSPS) is 20.8. The number of carbonyl (C=O) groups is 1. The zero-order valence-corrected chi connectivity index (χ0v) is 28.2. The highest BCUT2D eigenvalue weighted by Gasteiger charge is 2.41. The molecule has 2 heterocycles. The second-order valence-electron chi connectivity index (χ2n) is 12.3. The molecule has 47 heavy (non-hydrogen) atoms. The van der Waals surface area contributed by atoms with Crippen molar-refractivity contribution in [2.75, 3.05) is 92.0 Å². The van der Waals surface area contributed by atoms with E-state index in [-0.39, 0.29) is 38.8 Å². The average molecular weight is 661 g/mol. The molecule has 2 aromatic carbocycles. The lowest BCUT2D eigenvalue weighted by molar-refractivity contribution is -0.107. The van der Waals surface area contributed by atoms with Gasteiger partial charge in [0.25, 0.3) is 0 Å². The van der Waals surface area contributed by atoms with Crippen molar-refractivity contribution in [2.24, 2.45) is 5.92 Å². The maximum atomic E-state index is 12.2. The maximum Gasteiger partial charge on any atom is 0.407 e. The molecule has 0 aliphatic carbocycles. The summed E-state index contributed by atoms with van der Waals surface area (Å²) in [5, 5.41) is 20.4. The molecular weight excluding hydrogens is 608 g/mol. The predicted octanol–water partition coefficient (Wildman–Crippen LogP) is 3.78. The minimum Gasteiger partial charge on any atom is -0.490 e. The van der Waals surface area contributed by atoms with E-state index >= 15 is 0 Å². The van der Waals surface area contributed by atoms with E-state index in [1.54, 1.807) is 14.2 Å². The van der Waals surface area contributed by atoms with Crippen molar-refractivity contribution >= 4 is 11.8 Å². The third-order valence-electron chi connectivity index (χ3n) is 8.44. The minimum absolute atomic E-state index is 0.00446. The summed E-state index contributed by atoms with van der Waals surface area (Å²) < 4.78 is 40.1. The number of aliphatic hydroxyl groups excluding tert-OH is 1. The van der Waals surface area contributed by atoms with Gasteiger partial charge in [0.05, 0.1) is 77.2 Å². The highest BCUT2D eigenvalue weighted by molar-refractivity contribution is 5.65. The number of fused-ring (bicyclic) bond motifs is 1. The van der Waals surface area contributed by atoms with Crippen LogP contribution in [-0.4, -0.2) is 127 Å². The van der Waals surface area contributed by atoms with Crippen molar-refractivity contribution in [3.63, 3.8) is 0 Å². The summed E-state index contributed by atoms with van der Waals surface area (Å²) in [4.78, 5) is 15.9. The monoisotopic (exact) mass is 660 g/mol. The Hall–Kier alpha value is -2.97. The first-order valence-corrected chi connectivity index (χ1v) is 16.4. The molecule has 2 aromatic rings. The Morgan fingerprint density at radius 2 is 1.64 bits per heavy atom. The fourth-order valence-electron chi connectivity index (χ4n) is 6.14. The molecule has 2 N–H and O–H groups in total. The zero-order valence-electron chi connectivity index (χ0n) is 28.2. The lowest BCUT2D eigenvalue weighted by atomic mass is 9.84. The van der Waals surface area contributed by atoms with Crippen molar-refractivity contribution in [3.05, 3.63) is 59.2 Å². The molecule has 4 rings (SSSR count). The number of ether oxygens (including phenoxy) is 7. The van der Waals surface area contributed by atoms with Crippen LogP contribution >= 0.6 is 0 Å². The number of methoxy groups -OCH3 is 3. The molecule has 0 aromatic heterocycles. The quantitative estimate of drug-likeness (QED) is 0.214. The number of carboxylic acid groups (broad SMARTS) is 1. The van der Waals surface area contributed by atoms with Gasteiger partial charge in [0.15, 0.2) is 0 Å². The number of nitrogens with zero attached hydrogens (tertiary/aromatic N) is 2. The molecule has 262 valence electrons. The van der Waals surface area contributed by atoms with Crippen molar-refractivity contribution in [1.82, 2.24) is 4.90 Å². The standard InChI is InChI=1S/C35H52N2O10/c1-25(19-42-3)20-44-21-26-6-9-28(10-7-26)34-32(17-37(35(39)40)18-33(34)47-24-29(38)23-43-4)46-22-27-8-11-31-30(16-27)36(13-15-45-31)12-5-14-41-2/h6-11,16,25,29,32-34,38H,5,12-15,17-24H2,1-4H3,(H,39,40)/t25?,29?,32-,33+,34+/m0/s1. The van der Waals surface area contributed by atoms with Gasteiger partial charge >= 0.3 is 6.09 Å². The van der Waals surface area contributed by atoms with Crippen molar-refractivity contribution < 1.29 is 48.2 Å². The molecule has 12 heteroatoms. The molecule has 2 aliphatic rings. The number of amides is 1. The van der Waals surface area contributed by atoms with Gasteiger partial charge in [0.1, 0.15) is 18.5 Å². The highest BCUT2D eigenvalue weighted by Crippen LogP contribution is 2.36. The second-order valence-corrected chi connectivity index (χ2v) is 12.3. The van der Waals surface area contributed by atoms with Crippen molar-refractivity contribution in [2.45, 2.75) is 50.8 Å². The van der Waals surface area contributed by atoms with E-state index in [9.17, 15) is 15.0 Å². The molecule has 2 unspecified atom stereocenters. The van der Waals surface area contributed by atoms with Gasteiger partial charge in [-0.1, -0.05) is 37.3 Å². The van der Waals surface area contributed by atoms with E-state index in [1.807, 2.05) is 36.4 Å². The number of hydrogen-bond acceptors (Lipinski definition) is 10. The summed E-state index contributed by atoms with van der Waals surface area (Å²) in [5.74, 6) is 0.846. The lowest BCUT2D eigenvalue weighted by Gasteiger charge is -2.43. The molecule has 0 saturated carbocycles. The van der Waals surface area contributed by atoms with Gasteiger partial charge in [-0.25, -0.2) is 4.79 Å². The molecule has 2 aliphatic heterocycles. The van der Waals surface area contributed by atoms with Gasteiger partial charge in [-0.05, 0) is 35.2 Å². The van der Waals surface area contributed by atoms with Gasteiger partial charge in [0, 0.05) is 46.3 Å². The molecule has 12 nitrogen and oxygen atoms in total. The third-order valence-corrected chi connectivity index (χ3v) is 8.44. The number of likely N-dealkylation sites (tertiary alicyclic amines) is 1. The maximum absolute atomic E-state index is 12.2. The number of benzene rings is 2. The number of anilines is 1. The first-order chi connectivity index (χ1) is 22.8. The van der Waals surface area contributed by atoms with Gasteiger partial charge in [0.2, 0.25) is 0 Å². The Morgan fingerprint density at radius 3 is 2.34 bits per heavy atom. The van der Waals surface area contributed by atoms with E-state index < -0.39 is 24.4 Å². The first-order valence-electron chi connectivity index (χ1n) is 16.4. The molecule has 1 fully saturated rings. The van der Waals surface area contributed by atoms with Crippen LogP contribution in [0.5, 0.6) is 5.75 Å². The van der Waals surface area contributed by atoms with Crippen molar-refractivity contribution in [3.8, 4) is 5.75 Å². The van der Waals surface area contributed by atoms with Crippen LogP contribution in [0.25, 0.3) is 0 Å². The third kappa shape index (κ3) is 11.0. The molecule has 1 amide bonds. The van der Waals surface area contributed by atoms with Gasteiger partial charge in [-0.15, -0.1) is 0 Å². The number of aliphatic hydroxyl groups is 1. The van der Waals surface area contributed by atoms with Gasteiger partial charge in [-0.3, -0.25) is 0 Å². The van der Waals surface area contributed by atoms with Crippen molar-refractivity contribution in [1.29, 1.82) is 0 Å². The van der Waals surface area contributed by atoms with E-state index in [0.717, 1.165) is 47.6 Å². The fourth-order valence-corrected chi connectivity index (χ4v) is 6.14. The number of piperidine rings is 1. The van der Waals surface area contributed by atoms with Crippen LogP contribution in [0.2, 0.25) is 0 Å². The smallest absolute Gasteiger partial charge is 0.407 e. The Balaban J connectivity index is 1.53. The van der Waals surface area contributed by atoms with Crippen LogP contribution in [0.1, 0.15) is 36.0 Å². The summed E-state index contributed by atoms with van der Waals surface area (Å²) in [6, 6.07) is 14.2. The average Bonchev–Trinajstić information content (AvgIpc) is 3.07. The van der Waals surface area contributed by atoms with E-state index in [0.29, 0.717) is 39.0 Å². The fraction of sp³-hybridized carbons (Fsp3) is 0.629. The van der Waals surface area contributed by atoms with E-state index in [2.05, 4.69) is 17.9 Å². The zero-order chi connectivity index (χ0) is 33.6. The Bertz CT molecular complexity index is 1220. The Morgan fingerprint density at radius 1 is 0.915 bits per heavy atom. The Kier molecular flexibility index (Phi) is 15.0. The summed E-state index contributed by atoms with van der Waals surface area (Å²) in [6.07, 6.45) is -2.04. The summed E-state index contributed by atoms with van der Waals surface area (Å²) in [6.45, 7) is 7.47. The van der Waals surface area contributed by atoms with Crippen LogP contribution in [0.4, 0.5) is 10.5 Å². The molecule has 1 saturated heterocycles. The van der Waals surface area contributed by atoms with Gasteiger partial charge in [-0.2, -0.15) is 0 Å². The molecule has 5 atom stereocenters. The highest BCUT2D eigenvalue weighted by atomic mass is 16.5. The van der Waals surface area contributed by atoms with E-state index in [1.165, 1.54) is 12.0 Å². The molecule has 0 bridgehead atoms. The molecule has 0 radical (unpaired) electrons. The number of hydrogen-bond donors (Lipinski definition) is 2. The first kappa shape index (κ1) is 36.9. The van der Waals surface area contributed by atoms with Crippen LogP contribution < -0.4 is 9.64 Å². The number of rotatable bonds is 19. The van der Waals surface area contributed by atoms with Crippen LogP contribution in [0.15, 0.2) is 42.5 Å². The molecular formula is C35H52N2O10. The van der Waals surface area contributed by atoms with Crippen LogP contribution in [-0.2, 0) is 41.6 Å². The van der Waals surface area contributed by atoms with E-state index in [4.69, 9.17) is 33.2 Å². The molecule has 0 spiro atoms. The minimum atomic E-state index is -1.05. The van der Waals surface area contributed by atoms with Crippen LogP contribution in [0, 0.1) is 5.92 Å². The second kappa shape index (κ2) is 19.1. The summed E-state index contributed by atoms with van der Waals surface area (Å²) in [7, 11) is 4.90.